The van der Waals surface area contributed by atoms with Gasteiger partial charge in [-0.3, -0.25) is 0 Å². The summed E-state index contributed by atoms with van der Waals surface area (Å²) in [6.45, 7) is 10.1. The number of thiazole rings is 1. The molecule has 12 heteroatoms. The van der Waals surface area contributed by atoms with Gasteiger partial charge in [0.1, 0.15) is 6.07 Å². The molecule has 0 aliphatic rings. The van der Waals surface area contributed by atoms with Gasteiger partial charge in [-0.1, -0.05) is 95.4 Å². The first-order chi connectivity index (χ1) is 26.6. The van der Waals surface area contributed by atoms with Crippen molar-refractivity contribution in [2.24, 2.45) is 10.2 Å². The molecule has 3 heterocycles. The Hall–Kier alpha value is -5.98. The van der Waals surface area contributed by atoms with Crippen molar-refractivity contribution in [1.82, 2.24) is 19.7 Å². The van der Waals surface area contributed by atoms with Crippen LogP contribution in [0.15, 0.2) is 83.0 Å². The number of hydrogen-bond acceptors (Lipinski definition) is 10. The van der Waals surface area contributed by atoms with Gasteiger partial charge in [0.15, 0.2) is 0 Å². The fourth-order valence-electron chi connectivity index (χ4n) is 6.28. The molecule has 0 fully saturated rings. The van der Waals surface area contributed by atoms with E-state index in [1.165, 1.54) is 55.4 Å². The maximum absolute atomic E-state index is 10.5. The van der Waals surface area contributed by atoms with Gasteiger partial charge in [0.25, 0.3) is 0 Å². The van der Waals surface area contributed by atoms with Crippen molar-refractivity contribution in [1.29, 1.82) is 10.5 Å². The number of azo groups is 1. The van der Waals surface area contributed by atoms with Crippen molar-refractivity contribution in [2.75, 3.05) is 10.6 Å². The fourth-order valence-corrected chi connectivity index (χ4v) is 7.20. The fraction of sp³-hybridized carbons (Fsp3) is 0.302. The third-order valence-electron chi connectivity index (χ3n) is 9.36. The Morgan fingerprint density at radius 1 is 0.818 bits per heavy atom. The van der Waals surface area contributed by atoms with Gasteiger partial charge >= 0.3 is 155 Å². The zero-order valence-corrected chi connectivity index (χ0v) is 33.0. The van der Waals surface area contributed by atoms with Crippen LogP contribution in [0.25, 0.3) is 15.3 Å². The van der Waals surface area contributed by atoms with Gasteiger partial charge in [-0.15, -0.1) is 0 Å². The summed E-state index contributed by atoms with van der Waals surface area (Å²) in [5.74, 6) is 2.80. The Labute approximate surface area is 328 Å². The van der Waals surface area contributed by atoms with E-state index in [0.29, 0.717) is 44.8 Å². The Morgan fingerprint density at radius 3 is 2.13 bits per heavy atom. The van der Waals surface area contributed by atoms with Gasteiger partial charge in [0.2, 0.25) is 5.13 Å². The van der Waals surface area contributed by atoms with Gasteiger partial charge in [-0.25, -0.2) is 4.98 Å². The zero-order valence-electron chi connectivity index (χ0n) is 32.1. The van der Waals surface area contributed by atoms with Crippen LogP contribution in [0.3, 0.4) is 0 Å². The average molecular weight is 745 g/mol. The number of aryl methyl sites for hydroxylation is 1. The molecular weight excluding hydrogens is 699 g/mol. The molecule has 0 saturated heterocycles. The third-order valence-corrected chi connectivity index (χ3v) is 10.4. The summed E-state index contributed by atoms with van der Waals surface area (Å²) >= 11 is 1.45. The van der Waals surface area contributed by atoms with E-state index in [-0.39, 0.29) is 5.82 Å². The van der Waals surface area contributed by atoms with E-state index in [4.69, 9.17) is 25.3 Å². The van der Waals surface area contributed by atoms with Gasteiger partial charge in [0.05, 0.1) is 15.9 Å². The van der Waals surface area contributed by atoms with Crippen LogP contribution in [-0.2, 0) is 11.8 Å². The molecule has 0 amide bonds. The quantitative estimate of drug-likeness (QED) is 0.0606. The molecule has 0 aliphatic carbocycles. The number of unbranched alkanes of at least 4 members (excludes halogenated alkanes) is 5. The normalized spacial score (nSPS) is 11.5. The summed E-state index contributed by atoms with van der Waals surface area (Å²) < 4.78 is 2.57. The van der Waals surface area contributed by atoms with Crippen molar-refractivity contribution < 1.29 is 0 Å². The molecule has 0 radical (unpaired) electrons. The van der Waals surface area contributed by atoms with Crippen molar-refractivity contribution in [3.05, 3.63) is 106 Å². The first kappa shape index (κ1) is 38.7. The van der Waals surface area contributed by atoms with Crippen LogP contribution in [0.4, 0.5) is 34.5 Å². The minimum absolute atomic E-state index is 0.244. The SMILES string of the molecule is B=Cc1ccc(Nc2nc(Nc3ccc(CCCCCCCC)cc3)c(C#N)c(C)c2N=Nc2c(C#N)c(C(C)(C)C)nn2-c2nc3ccccc3s2)cc1. The summed E-state index contributed by atoms with van der Waals surface area (Å²) in [6.07, 6.45) is 8.59. The van der Waals surface area contributed by atoms with Gasteiger partial charge < -0.3 is 0 Å². The van der Waals surface area contributed by atoms with E-state index in [9.17, 15) is 10.5 Å². The number of nitriles is 2. The van der Waals surface area contributed by atoms with Crippen LogP contribution < -0.4 is 10.6 Å². The molecule has 10 nitrogen and oxygen atoms in total. The zero-order chi connectivity index (χ0) is 39.0. The summed E-state index contributed by atoms with van der Waals surface area (Å²) in [7, 11) is 3.87. The number of pyridine rings is 1. The van der Waals surface area contributed by atoms with Crippen molar-refractivity contribution in [3.8, 4) is 17.3 Å². The molecule has 55 heavy (non-hydrogen) atoms. The van der Waals surface area contributed by atoms with E-state index >= 15 is 0 Å². The molecule has 0 saturated carbocycles. The molecular formula is C43H45BN10S. The number of rotatable bonds is 15. The van der Waals surface area contributed by atoms with Crippen LogP contribution in [0.2, 0.25) is 0 Å². The van der Waals surface area contributed by atoms with Crippen molar-refractivity contribution >= 4 is 69.5 Å². The average Bonchev–Trinajstić information content (AvgIpc) is 3.79. The second-order valence-corrected chi connectivity index (χ2v) is 15.6. The van der Waals surface area contributed by atoms with Crippen LogP contribution in [0.1, 0.15) is 99.7 Å². The van der Waals surface area contributed by atoms with E-state index in [1.807, 2.05) is 88.4 Å². The Balaban J connectivity index is 1.40. The second kappa shape index (κ2) is 17.4. The first-order valence-electron chi connectivity index (χ1n) is 18.7. The molecule has 6 aromatic rings. The van der Waals surface area contributed by atoms with Gasteiger partial charge in [-0.05, 0) is 30.5 Å². The summed E-state index contributed by atoms with van der Waals surface area (Å²) in [5.41, 5.74) is 6.30. The number of benzene rings is 3. The Kier molecular flexibility index (Phi) is 12.3. The number of para-hydroxylation sites is 1. The first-order valence-corrected chi connectivity index (χ1v) is 19.6. The number of anilines is 4. The Morgan fingerprint density at radius 2 is 1.47 bits per heavy atom. The topological polar surface area (TPSA) is 140 Å². The predicted octanol–water partition coefficient (Wildman–Crippen LogP) is 11.1. The maximum atomic E-state index is 10.5. The van der Waals surface area contributed by atoms with Crippen LogP contribution in [0, 0.1) is 29.6 Å². The van der Waals surface area contributed by atoms with Crippen LogP contribution in [-0.4, -0.2) is 33.2 Å². The standard InChI is InChI=1S/C43H45BN10S/c1-6-7-8-9-10-11-14-29-17-21-31(22-18-29)47-39-33(26-45)28(2)37(40(50-39)48-32-23-19-30(25-44)20-24-32)51-52-41-34(27-46)38(43(3,4)5)53-54(41)42-49-35-15-12-13-16-36(35)55-42/h12-13,15-25,44H,6-11,14H2,1-5H3,(H2,47,48,50). The molecule has 2 N–H and O–H groups in total. The van der Waals surface area contributed by atoms with Crippen molar-refractivity contribution in [2.45, 2.75) is 85.0 Å². The number of nitrogens with zero attached hydrogens (tertiary/aromatic N) is 8. The van der Waals surface area contributed by atoms with Crippen LogP contribution in [0.5, 0.6) is 0 Å². The van der Waals surface area contributed by atoms with E-state index in [0.717, 1.165) is 33.6 Å². The van der Waals surface area contributed by atoms with Gasteiger partial charge in [-0.2, -0.15) is 10.4 Å². The molecule has 0 unspecified atom stereocenters. The second-order valence-electron chi connectivity index (χ2n) is 14.5. The number of hydrogen-bond donors (Lipinski definition) is 2. The third kappa shape index (κ3) is 9.05. The number of aromatic nitrogens is 4. The van der Waals surface area contributed by atoms with E-state index in [1.54, 1.807) is 10.6 Å². The van der Waals surface area contributed by atoms with Crippen LogP contribution >= 0.6 is 11.3 Å². The van der Waals surface area contributed by atoms with E-state index < -0.39 is 5.41 Å². The molecule has 0 bridgehead atoms. The number of nitrogens with one attached hydrogen (secondary N) is 2. The summed E-state index contributed by atoms with van der Waals surface area (Å²) in [6, 6.07) is 28.6. The number of fused-ring (bicyclic) bond motifs is 1. The molecule has 0 spiro atoms. The Bertz CT molecular complexity index is 2370. The molecule has 6 rings (SSSR count). The molecule has 276 valence electrons. The van der Waals surface area contributed by atoms with Crippen molar-refractivity contribution in [3.63, 3.8) is 0 Å². The predicted molar refractivity (Wildman–Crippen MR) is 227 cm³/mol. The molecule has 0 aliphatic heterocycles. The summed E-state index contributed by atoms with van der Waals surface area (Å²) in [5, 5.41) is 42.6. The molecule has 3 aromatic carbocycles. The summed E-state index contributed by atoms with van der Waals surface area (Å²) in [4.78, 5) is 9.75. The minimum atomic E-state index is -0.465. The monoisotopic (exact) mass is 744 g/mol. The van der Waals surface area contributed by atoms with Gasteiger partial charge in [0, 0.05) is 5.41 Å². The molecule has 3 aromatic heterocycles. The van der Waals surface area contributed by atoms with E-state index in [2.05, 4.69) is 49.3 Å². The molecule has 0 atom stereocenters.